The summed E-state index contributed by atoms with van der Waals surface area (Å²) in [6.45, 7) is 3.96. The van der Waals surface area contributed by atoms with Crippen LogP contribution in [0.3, 0.4) is 0 Å². The van der Waals surface area contributed by atoms with Crippen LogP contribution in [0.5, 0.6) is 5.75 Å². The predicted molar refractivity (Wildman–Crippen MR) is 122 cm³/mol. The molecule has 0 unspecified atom stereocenters. The molecule has 3 aromatic rings. The van der Waals surface area contributed by atoms with Gasteiger partial charge in [-0.15, -0.1) is 0 Å². The summed E-state index contributed by atoms with van der Waals surface area (Å²) in [5, 5.41) is 3.14. The SMILES string of the molecule is O=C(COc1ccc(-c2ccccc2)cc1)N[C@H](CN1CCOCC1)c1ccccc1. The quantitative estimate of drug-likeness (QED) is 0.605. The summed E-state index contributed by atoms with van der Waals surface area (Å²) < 4.78 is 11.2. The van der Waals surface area contributed by atoms with Gasteiger partial charge in [-0.2, -0.15) is 0 Å². The maximum Gasteiger partial charge on any atom is 0.258 e. The lowest BCUT2D eigenvalue weighted by atomic mass is 10.1. The highest BCUT2D eigenvalue weighted by Crippen LogP contribution is 2.22. The lowest BCUT2D eigenvalue weighted by Gasteiger charge is -2.31. The van der Waals surface area contributed by atoms with Crippen LogP contribution < -0.4 is 10.1 Å². The summed E-state index contributed by atoms with van der Waals surface area (Å²) in [5.41, 5.74) is 3.36. The Morgan fingerprint density at radius 2 is 1.48 bits per heavy atom. The Balaban J connectivity index is 1.34. The van der Waals surface area contributed by atoms with Gasteiger partial charge in [0.15, 0.2) is 6.61 Å². The summed E-state index contributed by atoms with van der Waals surface area (Å²) in [4.78, 5) is 15.0. The minimum atomic E-state index is -0.130. The predicted octanol–water partition coefficient (Wildman–Crippen LogP) is 3.92. The summed E-state index contributed by atoms with van der Waals surface area (Å²) in [6, 6.07) is 28.0. The molecule has 5 heteroatoms. The molecule has 3 aromatic carbocycles. The fourth-order valence-electron chi connectivity index (χ4n) is 3.72. The maximum atomic E-state index is 12.7. The molecule has 4 rings (SSSR count). The number of nitrogens with one attached hydrogen (secondary N) is 1. The van der Waals surface area contributed by atoms with E-state index in [2.05, 4.69) is 34.5 Å². The van der Waals surface area contributed by atoms with Crippen molar-refractivity contribution in [3.05, 3.63) is 90.5 Å². The third kappa shape index (κ3) is 6.17. The average Bonchev–Trinajstić information content (AvgIpc) is 2.84. The van der Waals surface area contributed by atoms with Crippen molar-refractivity contribution in [1.82, 2.24) is 10.2 Å². The van der Waals surface area contributed by atoms with Gasteiger partial charge in [-0.05, 0) is 28.8 Å². The van der Waals surface area contributed by atoms with Crippen LogP contribution in [0, 0.1) is 0 Å². The number of hydrogen-bond acceptors (Lipinski definition) is 4. The van der Waals surface area contributed by atoms with Crippen molar-refractivity contribution in [2.24, 2.45) is 0 Å². The van der Waals surface area contributed by atoms with Crippen LogP contribution >= 0.6 is 0 Å². The molecule has 0 spiro atoms. The Labute approximate surface area is 183 Å². The van der Waals surface area contributed by atoms with Crippen molar-refractivity contribution < 1.29 is 14.3 Å². The molecule has 1 amide bonds. The number of rotatable bonds is 8. The Hall–Kier alpha value is -3.15. The number of benzene rings is 3. The van der Waals surface area contributed by atoms with E-state index in [0.29, 0.717) is 5.75 Å². The summed E-state index contributed by atoms with van der Waals surface area (Å²) in [5.74, 6) is 0.550. The van der Waals surface area contributed by atoms with E-state index in [1.165, 1.54) is 0 Å². The van der Waals surface area contributed by atoms with E-state index in [4.69, 9.17) is 9.47 Å². The first-order valence-corrected chi connectivity index (χ1v) is 10.7. The second kappa shape index (κ2) is 10.8. The zero-order valence-electron chi connectivity index (χ0n) is 17.6. The van der Waals surface area contributed by atoms with Gasteiger partial charge in [0, 0.05) is 19.6 Å². The van der Waals surface area contributed by atoms with Crippen LogP contribution in [0.25, 0.3) is 11.1 Å². The average molecular weight is 417 g/mol. The third-order valence-corrected chi connectivity index (χ3v) is 5.41. The molecule has 1 N–H and O–H groups in total. The molecule has 0 bridgehead atoms. The van der Waals surface area contributed by atoms with Gasteiger partial charge in [0.2, 0.25) is 0 Å². The van der Waals surface area contributed by atoms with Gasteiger partial charge in [-0.25, -0.2) is 0 Å². The smallest absolute Gasteiger partial charge is 0.258 e. The van der Waals surface area contributed by atoms with E-state index < -0.39 is 0 Å². The van der Waals surface area contributed by atoms with Gasteiger partial charge >= 0.3 is 0 Å². The number of amides is 1. The van der Waals surface area contributed by atoms with Crippen LogP contribution in [0.1, 0.15) is 11.6 Å². The van der Waals surface area contributed by atoms with Crippen molar-refractivity contribution in [2.45, 2.75) is 6.04 Å². The Bertz CT molecular complexity index is 939. The second-order valence-corrected chi connectivity index (χ2v) is 7.62. The largest absolute Gasteiger partial charge is 0.484 e. The van der Waals surface area contributed by atoms with E-state index in [0.717, 1.165) is 49.5 Å². The van der Waals surface area contributed by atoms with Crippen molar-refractivity contribution in [1.29, 1.82) is 0 Å². The number of hydrogen-bond donors (Lipinski definition) is 1. The molecule has 1 fully saturated rings. The molecule has 5 nitrogen and oxygen atoms in total. The van der Waals surface area contributed by atoms with Gasteiger partial charge in [0.05, 0.1) is 19.3 Å². The first kappa shape index (κ1) is 21.1. The minimum absolute atomic E-state index is 0.0167. The van der Waals surface area contributed by atoms with E-state index in [1.54, 1.807) is 0 Å². The molecule has 1 saturated heterocycles. The van der Waals surface area contributed by atoms with Gasteiger partial charge in [0.1, 0.15) is 5.75 Å². The minimum Gasteiger partial charge on any atom is -0.484 e. The standard InChI is InChI=1S/C26H28N2O3/c29-26(20-31-24-13-11-22(12-14-24)21-7-3-1-4-8-21)27-25(23-9-5-2-6-10-23)19-28-15-17-30-18-16-28/h1-14,25H,15-20H2,(H,27,29)/t25-/m1/s1. The zero-order chi connectivity index (χ0) is 21.3. The van der Waals surface area contributed by atoms with Crippen molar-refractivity contribution >= 4 is 5.91 Å². The molecule has 1 atom stereocenters. The fourth-order valence-corrected chi connectivity index (χ4v) is 3.72. The molecule has 0 radical (unpaired) electrons. The number of nitrogens with zero attached hydrogens (tertiary/aromatic N) is 1. The summed E-state index contributed by atoms with van der Waals surface area (Å²) >= 11 is 0. The molecular weight excluding hydrogens is 388 g/mol. The Morgan fingerprint density at radius 3 is 2.16 bits per heavy atom. The van der Waals surface area contributed by atoms with Gasteiger partial charge in [-0.1, -0.05) is 72.8 Å². The number of morpholine rings is 1. The maximum absolute atomic E-state index is 12.7. The number of carbonyl (C=O) groups is 1. The monoisotopic (exact) mass is 416 g/mol. The third-order valence-electron chi connectivity index (χ3n) is 5.41. The lowest BCUT2D eigenvalue weighted by molar-refractivity contribution is -0.124. The Morgan fingerprint density at radius 1 is 0.871 bits per heavy atom. The van der Waals surface area contributed by atoms with Crippen LogP contribution in [0.15, 0.2) is 84.9 Å². The van der Waals surface area contributed by atoms with Gasteiger partial charge in [0.25, 0.3) is 5.91 Å². The topological polar surface area (TPSA) is 50.8 Å². The molecule has 160 valence electrons. The molecule has 31 heavy (non-hydrogen) atoms. The molecule has 0 saturated carbocycles. The van der Waals surface area contributed by atoms with Crippen LogP contribution in [0.4, 0.5) is 0 Å². The van der Waals surface area contributed by atoms with E-state index in [-0.39, 0.29) is 18.6 Å². The summed E-state index contributed by atoms with van der Waals surface area (Å²) in [7, 11) is 0. The molecule has 1 heterocycles. The number of carbonyl (C=O) groups excluding carboxylic acids is 1. The molecule has 0 aliphatic carbocycles. The van der Waals surface area contributed by atoms with Crippen molar-refractivity contribution in [3.8, 4) is 16.9 Å². The highest BCUT2D eigenvalue weighted by atomic mass is 16.5. The van der Waals surface area contributed by atoms with E-state index in [1.807, 2.05) is 60.7 Å². The Kier molecular flexibility index (Phi) is 7.32. The zero-order valence-corrected chi connectivity index (χ0v) is 17.6. The van der Waals surface area contributed by atoms with Crippen LogP contribution in [0.2, 0.25) is 0 Å². The second-order valence-electron chi connectivity index (χ2n) is 7.62. The highest BCUT2D eigenvalue weighted by molar-refractivity contribution is 5.78. The first-order valence-electron chi connectivity index (χ1n) is 10.7. The van der Waals surface area contributed by atoms with E-state index >= 15 is 0 Å². The van der Waals surface area contributed by atoms with Crippen molar-refractivity contribution in [3.63, 3.8) is 0 Å². The molecular formula is C26H28N2O3. The molecule has 1 aliphatic heterocycles. The summed E-state index contributed by atoms with van der Waals surface area (Å²) in [6.07, 6.45) is 0. The fraction of sp³-hybridized carbons (Fsp3) is 0.269. The van der Waals surface area contributed by atoms with Gasteiger partial charge < -0.3 is 14.8 Å². The van der Waals surface area contributed by atoms with Crippen LogP contribution in [-0.4, -0.2) is 50.3 Å². The van der Waals surface area contributed by atoms with Gasteiger partial charge in [-0.3, -0.25) is 9.69 Å². The molecule has 0 aromatic heterocycles. The van der Waals surface area contributed by atoms with E-state index in [9.17, 15) is 4.79 Å². The lowest BCUT2D eigenvalue weighted by Crippen LogP contribution is -2.44. The normalized spacial score (nSPS) is 15.2. The number of ether oxygens (including phenoxy) is 2. The first-order chi connectivity index (χ1) is 15.3. The van der Waals surface area contributed by atoms with Crippen LogP contribution in [-0.2, 0) is 9.53 Å². The van der Waals surface area contributed by atoms with Crippen molar-refractivity contribution in [2.75, 3.05) is 39.5 Å². The molecule has 1 aliphatic rings. The highest BCUT2D eigenvalue weighted by Gasteiger charge is 2.20.